The van der Waals surface area contributed by atoms with E-state index in [1.165, 1.54) is 38.3 Å². The van der Waals surface area contributed by atoms with Crippen molar-refractivity contribution in [2.75, 3.05) is 0 Å². The SMILES string of the molecule is C1=CC2=C(CC1)C(C1=NC(c3ccc(-n4c5ccccc5c5cc6ccccc6cc54)c4oc5ccccc5c34)=NC(c3cccc4oc5ccccc5c34)N1)=CCC2. The average molecular weight is 761 g/mol. The van der Waals surface area contributed by atoms with E-state index in [4.69, 9.17) is 18.8 Å². The number of rotatable bonds is 4. The van der Waals surface area contributed by atoms with Crippen LogP contribution in [0.3, 0.4) is 0 Å². The molecule has 0 fully saturated rings. The standard InChI is InChI=1S/C53H36N4O2/c1-2-15-33-30-44-41(29-32(33)14-1)35-18-5-8-23-42(35)57(44)43-28-27-40(49-38-20-7-10-25-46(38)59-50(43)49)53-55-51(36-21-11-16-31-13-3-4-17-34(31)36)54-52(56-53)39-22-12-26-47-48(39)37-19-6-9-24-45(37)58-47/h1-3,5-10,12-15,18-30,52H,4,11,16-17H2,(H,54,55,56). The summed E-state index contributed by atoms with van der Waals surface area (Å²) in [6.07, 6.45) is 10.6. The Kier molecular flexibility index (Phi) is 6.93. The Hall–Kier alpha value is -7.44. The van der Waals surface area contributed by atoms with Gasteiger partial charge < -0.3 is 18.7 Å². The normalized spacial score (nSPS) is 17.0. The average Bonchev–Trinajstić information content (AvgIpc) is 3.97. The highest BCUT2D eigenvalue weighted by Crippen LogP contribution is 2.43. The first-order valence-electron chi connectivity index (χ1n) is 20.5. The molecule has 2 aliphatic carbocycles. The fourth-order valence-corrected chi connectivity index (χ4v) is 9.98. The maximum absolute atomic E-state index is 6.97. The molecule has 7 aromatic carbocycles. The van der Waals surface area contributed by atoms with E-state index in [9.17, 15) is 0 Å². The molecule has 0 amide bonds. The summed E-state index contributed by atoms with van der Waals surface area (Å²) in [6.45, 7) is 0. The van der Waals surface area contributed by atoms with E-state index in [0.29, 0.717) is 5.84 Å². The molecule has 3 aromatic heterocycles. The lowest BCUT2D eigenvalue weighted by Crippen LogP contribution is -2.35. The van der Waals surface area contributed by atoms with E-state index in [1.807, 2.05) is 24.3 Å². The van der Waals surface area contributed by atoms with Crippen LogP contribution in [0.25, 0.3) is 82.1 Å². The Labute approximate surface area is 338 Å². The third kappa shape index (κ3) is 4.86. The molecule has 0 bridgehead atoms. The number of aliphatic imine (C=N–C) groups is 2. The van der Waals surface area contributed by atoms with Crippen molar-refractivity contribution in [1.82, 2.24) is 9.88 Å². The Balaban J connectivity index is 1.08. The number of nitrogens with zero attached hydrogens (tertiary/aromatic N) is 3. The van der Waals surface area contributed by atoms with Gasteiger partial charge in [-0.3, -0.25) is 0 Å². The Morgan fingerprint density at radius 1 is 0.610 bits per heavy atom. The summed E-state index contributed by atoms with van der Waals surface area (Å²) in [5.41, 5.74) is 12.5. The summed E-state index contributed by atoms with van der Waals surface area (Å²) in [5.74, 6) is 1.52. The van der Waals surface area contributed by atoms with Gasteiger partial charge in [0, 0.05) is 49.0 Å². The maximum Gasteiger partial charge on any atom is 0.160 e. The second kappa shape index (κ2) is 12.5. The molecule has 4 heterocycles. The minimum absolute atomic E-state index is 0.424. The van der Waals surface area contributed by atoms with Gasteiger partial charge in [-0.15, -0.1) is 0 Å². The first-order valence-corrected chi connectivity index (χ1v) is 20.5. The summed E-state index contributed by atoms with van der Waals surface area (Å²) in [7, 11) is 0. The molecule has 0 saturated heterocycles. The topological polar surface area (TPSA) is 68.0 Å². The molecule has 13 rings (SSSR count). The second-order valence-corrected chi connectivity index (χ2v) is 15.9. The van der Waals surface area contributed by atoms with E-state index in [0.717, 1.165) is 103 Å². The second-order valence-electron chi connectivity index (χ2n) is 15.9. The summed E-state index contributed by atoms with van der Waals surface area (Å²) >= 11 is 0. The van der Waals surface area contributed by atoms with Crippen molar-refractivity contribution in [3.63, 3.8) is 0 Å². The molecule has 10 aromatic rings. The van der Waals surface area contributed by atoms with Crippen LogP contribution in [0.1, 0.15) is 43.0 Å². The van der Waals surface area contributed by atoms with E-state index >= 15 is 0 Å². The van der Waals surface area contributed by atoms with Crippen molar-refractivity contribution in [3.8, 4) is 5.69 Å². The van der Waals surface area contributed by atoms with E-state index in [-0.39, 0.29) is 0 Å². The molecular formula is C53H36N4O2. The molecule has 0 spiro atoms. The van der Waals surface area contributed by atoms with Crippen LogP contribution in [0, 0.1) is 0 Å². The number of nitrogens with one attached hydrogen (secondary N) is 1. The Bertz CT molecular complexity index is 3600. The number of amidine groups is 2. The summed E-state index contributed by atoms with van der Waals surface area (Å²) in [5, 5.41) is 12.9. The van der Waals surface area contributed by atoms with Gasteiger partial charge in [-0.2, -0.15) is 0 Å². The van der Waals surface area contributed by atoms with Gasteiger partial charge in [-0.25, -0.2) is 9.98 Å². The molecule has 1 N–H and O–H groups in total. The molecule has 1 aliphatic heterocycles. The van der Waals surface area contributed by atoms with Gasteiger partial charge in [0.25, 0.3) is 0 Å². The van der Waals surface area contributed by atoms with Crippen molar-refractivity contribution in [1.29, 1.82) is 0 Å². The van der Waals surface area contributed by atoms with Crippen LogP contribution >= 0.6 is 0 Å². The van der Waals surface area contributed by atoms with Crippen LogP contribution in [0.5, 0.6) is 0 Å². The van der Waals surface area contributed by atoms with Crippen LogP contribution in [0.2, 0.25) is 0 Å². The lowest BCUT2D eigenvalue weighted by Gasteiger charge is -2.29. The molecule has 3 aliphatic rings. The zero-order valence-electron chi connectivity index (χ0n) is 32.1. The number of allylic oxidation sites excluding steroid dienone is 4. The Morgan fingerprint density at radius 3 is 2.24 bits per heavy atom. The molecule has 280 valence electrons. The number of hydrogen-bond acceptors (Lipinski definition) is 5. The number of hydrogen-bond donors (Lipinski definition) is 1. The van der Waals surface area contributed by atoms with Crippen molar-refractivity contribution in [2.45, 2.75) is 31.8 Å². The minimum atomic E-state index is -0.424. The van der Waals surface area contributed by atoms with Crippen molar-refractivity contribution < 1.29 is 8.83 Å². The van der Waals surface area contributed by atoms with Gasteiger partial charge in [0.1, 0.15) is 28.8 Å². The highest BCUT2D eigenvalue weighted by molar-refractivity contribution is 6.24. The molecule has 0 saturated carbocycles. The predicted molar refractivity (Wildman–Crippen MR) is 242 cm³/mol. The third-order valence-electron chi connectivity index (χ3n) is 12.6. The van der Waals surface area contributed by atoms with Gasteiger partial charge >= 0.3 is 0 Å². The number of aromatic nitrogens is 1. The Morgan fingerprint density at radius 2 is 1.36 bits per heavy atom. The van der Waals surface area contributed by atoms with Crippen molar-refractivity contribution >= 4 is 88.1 Å². The lowest BCUT2D eigenvalue weighted by molar-refractivity contribution is 0.661. The first-order chi connectivity index (χ1) is 29.2. The van der Waals surface area contributed by atoms with Crippen LogP contribution < -0.4 is 5.32 Å². The van der Waals surface area contributed by atoms with Crippen molar-refractivity contribution in [3.05, 3.63) is 186 Å². The molecule has 6 heteroatoms. The van der Waals surface area contributed by atoms with Gasteiger partial charge in [-0.1, -0.05) is 109 Å². The lowest BCUT2D eigenvalue weighted by atomic mass is 9.84. The zero-order valence-corrected chi connectivity index (χ0v) is 32.1. The van der Waals surface area contributed by atoms with Crippen LogP contribution in [-0.4, -0.2) is 16.2 Å². The fourth-order valence-electron chi connectivity index (χ4n) is 9.98. The number of para-hydroxylation sites is 3. The summed E-state index contributed by atoms with van der Waals surface area (Å²) in [4.78, 5) is 11.0. The highest BCUT2D eigenvalue weighted by atomic mass is 16.3. The summed E-state index contributed by atoms with van der Waals surface area (Å²) < 4.78 is 15.7. The smallest absolute Gasteiger partial charge is 0.160 e. The van der Waals surface area contributed by atoms with Crippen LogP contribution in [-0.2, 0) is 0 Å². The van der Waals surface area contributed by atoms with E-state index in [2.05, 4.69) is 143 Å². The quantitative estimate of drug-likeness (QED) is 0.194. The minimum Gasteiger partial charge on any atom is -0.456 e. The maximum atomic E-state index is 6.97. The first kappa shape index (κ1) is 32.6. The van der Waals surface area contributed by atoms with Gasteiger partial charge in [0.2, 0.25) is 0 Å². The van der Waals surface area contributed by atoms with Crippen LogP contribution in [0.15, 0.2) is 193 Å². The predicted octanol–water partition coefficient (Wildman–Crippen LogP) is 13.5. The number of fused-ring (bicyclic) bond motifs is 10. The van der Waals surface area contributed by atoms with Crippen LogP contribution in [0.4, 0.5) is 0 Å². The zero-order chi connectivity index (χ0) is 38.6. The monoisotopic (exact) mass is 760 g/mol. The fraction of sp³-hybridized carbons (Fsp3) is 0.0943. The molecule has 1 atom stereocenters. The van der Waals surface area contributed by atoms with Gasteiger partial charge in [-0.05, 0) is 96.1 Å². The molecule has 1 unspecified atom stereocenters. The van der Waals surface area contributed by atoms with Gasteiger partial charge in [0.05, 0.1) is 16.7 Å². The van der Waals surface area contributed by atoms with Crippen molar-refractivity contribution in [2.24, 2.45) is 9.98 Å². The number of benzene rings is 7. The highest BCUT2D eigenvalue weighted by Gasteiger charge is 2.30. The van der Waals surface area contributed by atoms with Gasteiger partial charge in [0.15, 0.2) is 11.4 Å². The summed E-state index contributed by atoms with van der Waals surface area (Å²) in [6, 6.07) is 49.2. The largest absolute Gasteiger partial charge is 0.456 e. The molecule has 6 nitrogen and oxygen atoms in total. The van der Waals surface area contributed by atoms with E-state index in [1.54, 1.807) is 0 Å². The molecule has 59 heavy (non-hydrogen) atoms. The molecular weight excluding hydrogens is 725 g/mol. The third-order valence-corrected chi connectivity index (χ3v) is 12.6. The number of furan rings is 2. The van der Waals surface area contributed by atoms with E-state index < -0.39 is 6.17 Å². The molecule has 0 radical (unpaired) electrons.